The molecule has 4 rings (SSSR count). The quantitative estimate of drug-likeness (QED) is 0.210. The summed E-state index contributed by atoms with van der Waals surface area (Å²) in [6.07, 6.45) is 0. The smallest absolute Gasteiger partial charge is 0.223 e. The molecule has 0 fully saturated rings. The molecule has 2 nitrogen and oxygen atoms in total. The van der Waals surface area contributed by atoms with E-state index in [1.165, 1.54) is 18.7 Å². The summed E-state index contributed by atoms with van der Waals surface area (Å²) < 4.78 is 0.516. The molecular weight excluding hydrogens is 500 g/mol. The average molecular weight is 523 g/mol. The summed E-state index contributed by atoms with van der Waals surface area (Å²) in [5.74, 6) is -0.169. The van der Waals surface area contributed by atoms with Crippen molar-refractivity contribution in [3.05, 3.63) is 130 Å². The van der Waals surface area contributed by atoms with Crippen molar-refractivity contribution in [1.82, 2.24) is 5.32 Å². The van der Waals surface area contributed by atoms with Gasteiger partial charge in [0.2, 0.25) is 11.3 Å². The lowest BCUT2D eigenvalue weighted by atomic mass is 10.4. The second-order valence-corrected chi connectivity index (χ2v) is 13.0. The minimum Gasteiger partial charge on any atom is -0.295 e. The van der Waals surface area contributed by atoms with Gasteiger partial charge in [0.05, 0.1) is 0 Å². The van der Waals surface area contributed by atoms with E-state index in [0.29, 0.717) is 14.8 Å². The Morgan fingerprint density at radius 2 is 1.12 bits per heavy atom. The first-order valence-corrected chi connectivity index (χ1v) is 14.0. The fraction of sp³-hybridized carbons (Fsp3) is 0.0357. The van der Waals surface area contributed by atoms with Crippen molar-refractivity contribution in [1.29, 1.82) is 0 Å². The third kappa shape index (κ3) is 5.24. The van der Waals surface area contributed by atoms with Crippen LogP contribution >= 0.6 is 42.2 Å². The van der Waals surface area contributed by atoms with Gasteiger partial charge in [-0.2, -0.15) is 0 Å². The highest BCUT2D eigenvalue weighted by atomic mass is 35.5. The first kappa shape index (κ1) is 24.6. The number of rotatable bonds is 7. The molecule has 0 aliphatic heterocycles. The molecule has 0 bridgehead atoms. The second-order valence-electron chi connectivity index (χ2n) is 7.54. The minimum atomic E-state index is -2.55. The van der Waals surface area contributed by atoms with E-state index < -0.39 is 7.26 Å². The molecule has 0 aliphatic rings. The number of thioether (sulfide) groups is 1. The zero-order valence-electron chi connectivity index (χ0n) is 18.5. The number of hydrogen-bond donors (Lipinski definition) is 1. The zero-order valence-corrected chi connectivity index (χ0v) is 21.7. The Kier molecular flexibility index (Phi) is 8.13. The Labute approximate surface area is 215 Å². The predicted octanol–water partition coefficient (Wildman–Crippen LogP) is 6.93. The molecule has 4 aromatic rings. The molecule has 0 heterocycles. The molecular formula is C28H23Cl2NOPS+. The van der Waals surface area contributed by atoms with Crippen molar-refractivity contribution in [3.8, 4) is 0 Å². The van der Waals surface area contributed by atoms with Crippen LogP contribution in [0.2, 0.25) is 5.02 Å². The van der Waals surface area contributed by atoms with E-state index in [-0.39, 0.29) is 5.91 Å². The summed E-state index contributed by atoms with van der Waals surface area (Å²) in [5.41, 5.74) is 0.713. The second kappa shape index (κ2) is 11.3. The Bertz CT molecular complexity index is 1180. The van der Waals surface area contributed by atoms with Crippen LogP contribution in [0.25, 0.3) is 0 Å². The molecule has 4 aromatic carbocycles. The van der Waals surface area contributed by atoms with Gasteiger partial charge in [0.15, 0.2) is 7.26 Å². The molecule has 6 heteroatoms. The molecule has 0 unspecified atom stereocenters. The van der Waals surface area contributed by atoms with Crippen LogP contribution in [0.1, 0.15) is 6.92 Å². The van der Waals surface area contributed by atoms with E-state index in [2.05, 4.69) is 41.7 Å². The van der Waals surface area contributed by atoms with Gasteiger partial charge >= 0.3 is 0 Å². The monoisotopic (exact) mass is 522 g/mol. The predicted molar refractivity (Wildman–Crippen MR) is 149 cm³/mol. The Morgan fingerprint density at radius 3 is 1.50 bits per heavy atom. The van der Waals surface area contributed by atoms with E-state index in [1.807, 2.05) is 78.9 Å². The molecule has 1 N–H and O–H groups in total. The normalized spacial score (nSPS) is 12.1. The molecule has 170 valence electrons. The summed E-state index contributed by atoms with van der Waals surface area (Å²) in [4.78, 5) is 13.5. The fourth-order valence-corrected chi connectivity index (χ4v) is 9.99. The van der Waals surface area contributed by atoms with Gasteiger partial charge < -0.3 is 0 Å². The number of halogens is 2. The lowest BCUT2D eigenvalue weighted by molar-refractivity contribution is -0.118. The first-order valence-electron chi connectivity index (χ1n) is 10.7. The topological polar surface area (TPSA) is 29.1 Å². The van der Waals surface area contributed by atoms with Gasteiger partial charge in [-0.25, -0.2) is 0 Å². The van der Waals surface area contributed by atoms with E-state index in [0.717, 1.165) is 20.8 Å². The standard InChI is InChI=1S/C28H22Cl2NOPS/c1-21(32)31-28(27(30)34-26-19-17-22(29)18-20-26)33(23-11-5-2-6-12-23,24-13-7-3-8-14-24)25-15-9-4-10-16-25/h2-20H,1H3/p+1/b28-27-. The van der Waals surface area contributed by atoms with Crippen LogP contribution < -0.4 is 21.2 Å². The van der Waals surface area contributed by atoms with Crippen LogP contribution in [-0.2, 0) is 4.79 Å². The molecule has 1 amide bonds. The van der Waals surface area contributed by atoms with E-state index in [1.54, 1.807) is 0 Å². The first-order chi connectivity index (χ1) is 16.5. The molecule has 0 atom stereocenters. The Morgan fingerprint density at radius 1 is 0.706 bits per heavy atom. The molecule has 0 saturated carbocycles. The average Bonchev–Trinajstić information content (AvgIpc) is 2.87. The summed E-state index contributed by atoms with van der Waals surface area (Å²) in [6.45, 7) is 1.52. The highest BCUT2D eigenvalue weighted by Crippen LogP contribution is 2.63. The summed E-state index contributed by atoms with van der Waals surface area (Å²) in [6, 6.07) is 38.4. The Hall–Kier alpha value is -2.55. The third-order valence-electron chi connectivity index (χ3n) is 5.27. The molecule has 0 spiro atoms. The largest absolute Gasteiger partial charge is 0.295 e. The molecule has 0 aromatic heterocycles. The summed E-state index contributed by atoms with van der Waals surface area (Å²) >= 11 is 14.6. The van der Waals surface area contributed by atoms with Crippen molar-refractivity contribution in [2.24, 2.45) is 0 Å². The molecule has 0 saturated heterocycles. The fourth-order valence-electron chi connectivity index (χ4n) is 3.88. The van der Waals surface area contributed by atoms with Gasteiger partial charge in [0, 0.05) is 16.8 Å². The van der Waals surface area contributed by atoms with E-state index in [9.17, 15) is 4.79 Å². The maximum atomic E-state index is 12.6. The molecule has 34 heavy (non-hydrogen) atoms. The zero-order chi connectivity index (χ0) is 24.0. The van der Waals surface area contributed by atoms with Gasteiger partial charge in [-0.15, -0.1) is 0 Å². The number of amides is 1. The maximum absolute atomic E-state index is 12.6. The van der Waals surface area contributed by atoms with Crippen molar-refractivity contribution in [3.63, 3.8) is 0 Å². The highest BCUT2D eigenvalue weighted by Gasteiger charge is 2.52. The van der Waals surface area contributed by atoms with E-state index >= 15 is 0 Å². The number of hydrogen-bond acceptors (Lipinski definition) is 2. The summed E-state index contributed by atoms with van der Waals surface area (Å²) in [5, 5.41) is 7.13. The lowest BCUT2D eigenvalue weighted by Crippen LogP contribution is -2.38. The van der Waals surface area contributed by atoms with Gasteiger partial charge in [-0.05, 0) is 60.7 Å². The van der Waals surface area contributed by atoms with Crippen molar-refractivity contribution in [2.45, 2.75) is 11.8 Å². The molecule has 0 radical (unpaired) electrons. The van der Waals surface area contributed by atoms with Crippen molar-refractivity contribution >= 4 is 64.0 Å². The maximum Gasteiger partial charge on any atom is 0.223 e. The van der Waals surface area contributed by atoms with Gasteiger partial charge in [-0.3, -0.25) is 10.1 Å². The SMILES string of the molecule is CC(=O)N/C(=C(\Cl)Sc1ccc(Cl)cc1)[P+](c1ccccc1)(c1ccccc1)c1ccccc1. The highest BCUT2D eigenvalue weighted by molar-refractivity contribution is 8.06. The Balaban J connectivity index is 2.07. The minimum absolute atomic E-state index is 0.169. The van der Waals surface area contributed by atoms with Gasteiger partial charge in [0.1, 0.15) is 20.3 Å². The third-order valence-corrected chi connectivity index (χ3v) is 11.3. The lowest BCUT2D eigenvalue weighted by Gasteiger charge is -2.29. The van der Waals surface area contributed by atoms with Crippen LogP contribution in [0.15, 0.2) is 130 Å². The van der Waals surface area contributed by atoms with Gasteiger partial charge in [0.25, 0.3) is 0 Å². The van der Waals surface area contributed by atoms with Crippen LogP contribution in [0.4, 0.5) is 0 Å². The molecule has 0 aliphatic carbocycles. The van der Waals surface area contributed by atoms with Crippen LogP contribution in [-0.4, -0.2) is 5.91 Å². The number of nitrogens with one attached hydrogen (secondary N) is 1. The van der Waals surface area contributed by atoms with Crippen LogP contribution in [0.3, 0.4) is 0 Å². The van der Waals surface area contributed by atoms with Crippen LogP contribution in [0, 0.1) is 0 Å². The van der Waals surface area contributed by atoms with Crippen molar-refractivity contribution < 1.29 is 4.79 Å². The van der Waals surface area contributed by atoms with E-state index in [4.69, 9.17) is 23.2 Å². The summed E-state index contributed by atoms with van der Waals surface area (Å²) in [7, 11) is -2.55. The number of carbonyl (C=O) groups excluding carboxylic acids is 1. The number of carbonyl (C=O) groups is 1. The van der Waals surface area contributed by atoms with Crippen LogP contribution in [0.5, 0.6) is 0 Å². The number of benzene rings is 4. The van der Waals surface area contributed by atoms with Gasteiger partial charge in [-0.1, -0.05) is 89.6 Å². The van der Waals surface area contributed by atoms with Crippen molar-refractivity contribution in [2.75, 3.05) is 0 Å².